The zero-order chi connectivity index (χ0) is 28.3. The van der Waals surface area contributed by atoms with Gasteiger partial charge in [-0.1, -0.05) is 44.0 Å². The first kappa shape index (κ1) is 29.9. The number of nitrogens with two attached hydrogens (primary N) is 1. The number of nitrogens with zero attached hydrogens (tertiary/aromatic N) is 1. The topological polar surface area (TPSA) is 101 Å². The van der Waals surface area contributed by atoms with Gasteiger partial charge in [0.1, 0.15) is 11.5 Å². The molecule has 1 fully saturated rings. The second kappa shape index (κ2) is 11.6. The standard InChI is InChI=1S/C24H22Br2F6N4O2/c25-19(13-2-1-3-16(10-13)38-18-5-4-14(12-35-18)23(27,28)29)22(26)8-6-15(7-9-22)36-21(37)17(11-33)20(34)24(30,31)32/h1-5,10-12,15,19,34H,6-9,33H2,(H,36,37)/b17-11+,34-20?. The molecule has 0 aliphatic heterocycles. The molecule has 1 aromatic heterocycles. The molecule has 1 heterocycles. The second-order valence-electron chi connectivity index (χ2n) is 8.66. The Hall–Kier alpha value is -2.61. The van der Waals surface area contributed by atoms with Gasteiger partial charge in [0, 0.05) is 28.8 Å². The molecule has 206 valence electrons. The molecule has 2 aromatic rings. The third-order valence-corrected chi connectivity index (χ3v) is 9.28. The summed E-state index contributed by atoms with van der Waals surface area (Å²) in [5, 5.41) is 9.70. The van der Waals surface area contributed by atoms with Crippen molar-refractivity contribution in [2.45, 2.75) is 53.2 Å². The molecule has 0 spiro atoms. The number of pyridine rings is 1. The minimum absolute atomic E-state index is 0.00409. The fourth-order valence-electron chi connectivity index (χ4n) is 3.95. The van der Waals surface area contributed by atoms with Crippen molar-refractivity contribution in [3.8, 4) is 11.6 Å². The first-order valence-electron chi connectivity index (χ1n) is 11.2. The molecule has 6 nitrogen and oxygen atoms in total. The van der Waals surface area contributed by atoms with E-state index in [1.807, 2.05) is 6.07 Å². The van der Waals surface area contributed by atoms with Gasteiger partial charge >= 0.3 is 12.4 Å². The highest BCUT2D eigenvalue weighted by Gasteiger charge is 2.42. The Labute approximate surface area is 230 Å². The van der Waals surface area contributed by atoms with Crippen LogP contribution in [0.1, 0.15) is 41.6 Å². The third kappa shape index (κ3) is 7.28. The Morgan fingerprint density at radius 3 is 2.37 bits per heavy atom. The molecule has 0 saturated heterocycles. The van der Waals surface area contributed by atoms with Crippen LogP contribution in [0.15, 0.2) is 54.4 Å². The van der Waals surface area contributed by atoms with Crippen LogP contribution in [0.2, 0.25) is 0 Å². The Morgan fingerprint density at radius 2 is 1.84 bits per heavy atom. The SMILES string of the molecule is N=C(/C(=C\N)C(=O)NC1CCC(Br)(C(Br)c2cccc(Oc3ccc(C(F)(F)F)cn3)c2)CC1)C(F)(F)F. The Balaban J connectivity index is 1.62. The molecule has 1 amide bonds. The number of hydrogen-bond acceptors (Lipinski definition) is 5. The maximum absolute atomic E-state index is 12.8. The quantitative estimate of drug-likeness (QED) is 0.128. The number of ether oxygens (including phenoxy) is 1. The van der Waals surface area contributed by atoms with Crippen LogP contribution in [0.25, 0.3) is 0 Å². The van der Waals surface area contributed by atoms with Crippen molar-refractivity contribution < 1.29 is 35.9 Å². The summed E-state index contributed by atoms with van der Waals surface area (Å²) in [7, 11) is 0. The molecule has 3 rings (SSSR count). The smallest absolute Gasteiger partial charge is 0.433 e. The maximum Gasteiger partial charge on any atom is 0.433 e. The van der Waals surface area contributed by atoms with E-state index in [1.54, 1.807) is 18.2 Å². The van der Waals surface area contributed by atoms with Gasteiger partial charge in [-0.15, -0.1) is 0 Å². The monoisotopic (exact) mass is 670 g/mol. The van der Waals surface area contributed by atoms with Gasteiger partial charge in [-0.2, -0.15) is 26.3 Å². The van der Waals surface area contributed by atoms with Crippen LogP contribution >= 0.6 is 31.9 Å². The van der Waals surface area contributed by atoms with Crippen LogP contribution < -0.4 is 15.8 Å². The molecule has 1 aliphatic rings. The van der Waals surface area contributed by atoms with Gasteiger partial charge in [-0.3, -0.25) is 10.2 Å². The minimum atomic E-state index is -5.00. The van der Waals surface area contributed by atoms with Crippen LogP contribution in [0.5, 0.6) is 11.6 Å². The number of nitrogens with one attached hydrogen (secondary N) is 2. The number of benzene rings is 1. The number of amides is 1. The minimum Gasteiger partial charge on any atom is -0.439 e. The molecule has 4 N–H and O–H groups in total. The van der Waals surface area contributed by atoms with E-state index in [9.17, 15) is 31.1 Å². The predicted octanol–water partition coefficient (Wildman–Crippen LogP) is 6.95. The Bertz CT molecular complexity index is 1190. The summed E-state index contributed by atoms with van der Waals surface area (Å²) in [5.41, 5.74) is 2.34. The van der Waals surface area contributed by atoms with E-state index in [0.29, 0.717) is 43.8 Å². The fraction of sp³-hybridized carbons (Fsp3) is 0.375. The molecular weight excluding hydrogens is 650 g/mol. The van der Waals surface area contributed by atoms with Crippen molar-refractivity contribution in [3.05, 3.63) is 65.5 Å². The summed E-state index contributed by atoms with van der Waals surface area (Å²) < 4.78 is 81.9. The molecular formula is C24H22Br2F6N4O2. The number of rotatable bonds is 7. The average molecular weight is 672 g/mol. The molecule has 14 heteroatoms. The Kier molecular flexibility index (Phi) is 9.17. The van der Waals surface area contributed by atoms with E-state index in [-0.39, 0.29) is 10.7 Å². The van der Waals surface area contributed by atoms with E-state index in [2.05, 4.69) is 42.2 Å². The van der Waals surface area contributed by atoms with Crippen molar-refractivity contribution in [1.82, 2.24) is 10.3 Å². The molecule has 0 radical (unpaired) electrons. The van der Waals surface area contributed by atoms with Gasteiger partial charge in [0.15, 0.2) is 0 Å². The normalized spacial score (nSPS) is 21.5. The number of hydrogen-bond donors (Lipinski definition) is 3. The lowest BCUT2D eigenvalue weighted by Gasteiger charge is -2.39. The van der Waals surface area contributed by atoms with Crippen molar-refractivity contribution in [1.29, 1.82) is 5.41 Å². The summed E-state index contributed by atoms with van der Waals surface area (Å²) in [6.45, 7) is 0. The molecule has 1 atom stereocenters. The molecule has 1 aromatic carbocycles. The first-order chi connectivity index (χ1) is 17.6. The maximum atomic E-state index is 12.8. The highest BCUT2D eigenvalue weighted by molar-refractivity contribution is 9.12. The number of aromatic nitrogens is 1. The van der Waals surface area contributed by atoms with Crippen molar-refractivity contribution in [3.63, 3.8) is 0 Å². The molecule has 1 aliphatic carbocycles. The second-order valence-corrected chi connectivity index (χ2v) is 11.2. The van der Waals surface area contributed by atoms with Crippen molar-refractivity contribution in [2.24, 2.45) is 5.73 Å². The van der Waals surface area contributed by atoms with Crippen LogP contribution in [0.3, 0.4) is 0 Å². The number of carbonyl (C=O) groups is 1. The van der Waals surface area contributed by atoms with E-state index in [0.717, 1.165) is 17.7 Å². The molecule has 1 unspecified atom stereocenters. The molecule has 1 saturated carbocycles. The molecule has 38 heavy (non-hydrogen) atoms. The lowest BCUT2D eigenvalue weighted by atomic mass is 9.82. The Morgan fingerprint density at radius 1 is 1.18 bits per heavy atom. The zero-order valence-electron chi connectivity index (χ0n) is 19.5. The highest BCUT2D eigenvalue weighted by atomic mass is 79.9. The summed E-state index contributed by atoms with van der Waals surface area (Å²) >= 11 is 7.46. The lowest BCUT2D eigenvalue weighted by molar-refractivity contribution is -0.137. The predicted molar refractivity (Wildman–Crippen MR) is 136 cm³/mol. The van der Waals surface area contributed by atoms with Gasteiger partial charge < -0.3 is 15.8 Å². The number of halogens is 8. The summed E-state index contributed by atoms with van der Waals surface area (Å²) in [4.78, 5) is 15.8. The third-order valence-electron chi connectivity index (χ3n) is 6.01. The molecule has 0 bridgehead atoms. The van der Waals surface area contributed by atoms with Gasteiger partial charge in [-0.25, -0.2) is 4.98 Å². The van der Waals surface area contributed by atoms with E-state index >= 15 is 0 Å². The van der Waals surface area contributed by atoms with Crippen LogP contribution in [-0.4, -0.2) is 33.1 Å². The summed E-state index contributed by atoms with van der Waals surface area (Å²) in [6, 6.07) is 8.51. The van der Waals surface area contributed by atoms with Gasteiger partial charge in [-0.05, 0) is 49.4 Å². The first-order valence-corrected chi connectivity index (χ1v) is 12.9. The average Bonchev–Trinajstić information content (AvgIpc) is 2.85. The summed E-state index contributed by atoms with van der Waals surface area (Å²) in [5.74, 6) is -0.695. The van der Waals surface area contributed by atoms with Crippen LogP contribution in [0, 0.1) is 5.41 Å². The lowest BCUT2D eigenvalue weighted by Crippen LogP contribution is -2.44. The van der Waals surface area contributed by atoms with E-state index < -0.39 is 45.5 Å². The van der Waals surface area contributed by atoms with Gasteiger partial charge in [0.2, 0.25) is 5.88 Å². The van der Waals surface area contributed by atoms with E-state index in [1.165, 1.54) is 0 Å². The summed E-state index contributed by atoms with van der Waals surface area (Å²) in [6.07, 6.45) is -6.36. The van der Waals surface area contributed by atoms with Gasteiger partial charge in [0.05, 0.1) is 16.0 Å². The van der Waals surface area contributed by atoms with Crippen molar-refractivity contribution in [2.75, 3.05) is 0 Å². The van der Waals surface area contributed by atoms with Crippen molar-refractivity contribution >= 4 is 43.5 Å². The largest absolute Gasteiger partial charge is 0.439 e. The number of carbonyl (C=O) groups excluding carboxylic acids is 1. The number of alkyl halides is 8. The van der Waals surface area contributed by atoms with Crippen LogP contribution in [-0.2, 0) is 11.0 Å². The zero-order valence-corrected chi connectivity index (χ0v) is 22.6. The van der Waals surface area contributed by atoms with Gasteiger partial charge in [0.25, 0.3) is 5.91 Å². The highest BCUT2D eigenvalue weighted by Crippen LogP contribution is 2.50. The van der Waals surface area contributed by atoms with E-state index in [4.69, 9.17) is 15.9 Å². The fourth-order valence-corrected chi connectivity index (χ4v) is 5.41. The van der Waals surface area contributed by atoms with Crippen LogP contribution in [0.4, 0.5) is 26.3 Å².